The number of fused-ring (bicyclic) bond motifs is 7. The highest BCUT2D eigenvalue weighted by molar-refractivity contribution is 7.91. The second-order valence-corrected chi connectivity index (χ2v) is 21.0. The smallest absolute Gasteiger partial charge is 0.335 e. The molecule has 1 heterocycles. The average molecular weight is 691 g/mol. The molecule has 49 heavy (non-hydrogen) atoms. The third-order valence-corrected chi connectivity index (χ3v) is 18.0. The molecule has 4 saturated carbocycles. The van der Waals surface area contributed by atoms with Crippen LogP contribution in [0.3, 0.4) is 0 Å². The zero-order valence-corrected chi connectivity index (χ0v) is 31.9. The van der Waals surface area contributed by atoms with Crippen molar-refractivity contribution < 1.29 is 18.3 Å². The van der Waals surface area contributed by atoms with Crippen LogP contribution in [-0.2, 0) is 9.84 Å². The summed E-state index contributed by atoms with van der Waals surface area (Å²) < 4.78 is 24.0. The van der Waals surface area contributed by atoms with E-state index in [0.717, 1.165) is 19.5 Å². The monoisotopic (exact) mass is 690 g/mol. The summed E-state index contributed by atoms with van der Waals surface area (Å²) in [5, 5.41) is 13.7. The van der Waals surface area contributed by atoms with Crippen LogP contribution in [0, 0.1) is 51.2 Å². The van der Waals surface area contributed by atoms with Gasteiger partial charge >= 0.3 is 5.97 Å². The second-order valence-electron chi connectivity index (χ2n) is 18.7. The average Bonchev–Trinajstić information content (AvgIpc) is 3.42. The summed E-state index contributed by atoms with van der Waals surface area (Å²) in [5.41, 5.74) is 5.23. The number of aromatic carboxylic acids is 1. The second kappa shape index (κ2) is 12.0. The molecular weight excluding hydrogens is 629 g/mol. The van der Waals surface area contributed by atoms with Crippen LogP contribution in [0.4, 0.5) is 0 Å². The molecule has 0 radical (unpaired) electrons. The van der Waals surface area contributed by atoms with Crippen LogP contribution >= 0.6 is 0 Å². The van der Waals surface area contributed by atoms with Gasteiger partial charge in [0.15, 0.2) is 9.84 Å². The number of nitrogens with zero attached hydrogens (tertiary/aromatic N) is 1. The fourth-order valence-electron chi connectivity index (χ4n) is 13.8. The summed E-state index contributed by atoms with van der Waals surface area (Å²) >= 11 is 0. The first-order valence-corrected chi connectivity index (χ1v) is 21.2. The maximum atomic E-state index is 12.0. The summed E-state index contributed by atoms with van der Waals surface area (Å²) in [7, 11) is -2.86. The Balaban J connectivity index is 1.15. The lowest BCUT2D eigenvalue weighted by Gasteiger charge is -2.72. The lowest BCUT2D eigenvalue weighted by atomic mass is 9.33. The van der Waals surface area contributed by atoms with Crippen LogP contribution in [0.1, 0.15) is 115 Å². The maximum Gasteiger partial charge on any atom is 0.335 e. The Morgan fingerprint density at radius 1 is 0.918 bits per heavy atom. The molecule has 1 saturated heterocycles. The predicted octanol–water partition coefficient (Wildman–Crippen LogP) is 8.11. The minimum absolute atomic E-state index is 0.0114. The highest BCUT2D eigenvalue weighted by Gasteiger charge is 2.70. The van der Waals surface area contributed by atoms with E-state index in [9.17, 15) is 18.3 Å². The molecule has 7 heteroatoms. The molecule has 7 rings (SSSR count). The van der Waals surface area contributed by atoms with Gasteiger partial charge in [-0.25, -0.2) is 13.2 Å². The molecule has 0 bridgehead atoms. The van der Waals surface area contributed by atoms with Crippen molar-refractivity contribution in [1.29, 1.82) is 0 Å². The standard InChI is InChI=1S/C42H62N2O4S/c1-28(2)31-14-19-42(43-22-23-44-24-26-49(47,48)27-25-44)21-20-40(6)33(36(31)42)12-13-35-39(5)17-15-32(29-8-10-30(11-9-29)37(45)46)38(3,4)34(39)16-18-41(35,40)7/h8-11,15,31,33-36,43H,1,12-14,16-27H2,2-7H3,(H,45,46)/t31-,33+,34-,35+,36+,39-,40+,41+,42?/m0/s1. The number of hydrogen-bond acceptors (Lipinski definition) is 5. The van der Waals surface area contributed by atoms with Crippen molar-refractivity contribution >= 4 is 21.4 Å². The van der Waals surface area contributed by atoms with E-state index in [1.54, 1.807) is 12.1 Å². The molecule has 1 aromatic rings. The number of carboxylic acid groups (broad SMARTS) is 1. The quantitative estimate of drug-likeness (QED) is 0.281. The molecule has 1 aliphatic heterocycles. The minimum atomic E-state index is -2.86. The molecule has 2 N–H and O–H groups in total. The Hall–Kier alpha value is -1.96. The Labute approximate surface area is 296 Å². The Kier molecular flexibility index (Phi) is 8.72. The summed E-state index contributed by atoms with van der Waals surface area (Å²) in [5.74, 6) is 2.83. The molecule has 1 aromatic carbocycles. The fourth-order valence-corrected chi connectivity index (χ4v) is 15.1. The normalized spacial score (nSPS) is 42.6. The zero-order valence-electron chi connectivity index (χ0n) is 31.1. The molecule has 0 spiro atoms. The van der Waals surface area contributed by atoms with Gasteiger partial charge in [0, 0.05) is 31.7 Å². The molecule has 1 unspecified atom stereocenters. The first kappa shape index (κ1) is 35.4. The minimum Gasteiger partial charge on any atom is -0.478 e. The van der Waals surface area contributed by atoms with Crippen molar-refractivity contribution in [2.45, 2.75) is 105 Å². The highest BCUT2D eigenvalue weighted by atomic mass is 32.2. The molecule has 0 amide bonds. The van der Waals surface area contributed by atoms with E-state index in [2.05, 4.69) is 64.4 Å². The molecule has 6 nitrogen and oxygen atoms in total. The van der Waals surface area contributed by atoms with Crippen LogP contribution in [0.5, 0.6) is 0 Å². The van der Waals surface area contributed by atoms with Crippen molar-refractivity contribution in [3.8, 4) is 0 Å². The van der Waals surface area contributed by atoms with Crippen LogP contribution in [0.25, 0.3) is 5.57 Å². The number of allylic oxidation sites excluding steroid dienone is 3. The van der Waals surface area contributed by atoms with Crippen LogP contribution in [0.2, 0.25) is 0 Å². The van der Waals surface area contributed by atoms with Crippen molar-refractivity contribution in [2.75, 3.05) is 37.7 Å². The summed E-state index contributed by atoms with van der Waals surface area (Å²) in [6.07, 6.45) is 13.7. The van der Waals surface area contributed by atoms with Gasteiger partial charge in [-0.05, 0) is 139 Å². The van der Waals surface area contributed by atoms with Gasteiger partial charge in [0.05, 0.1) is 17.1 Å². The zero-order chi connectivity index (χ0) is 35.2. The van der Waals surface area contributed by atoms with Gasteiger partial charge in [-0.2, -0.15) is 0 Å². The number of carboxylic acids is 1. The van der Waals surface area contributed by atoms with Crippen molar-refractivity contribution in [3.05, 3.63) is 53.6 Å². The van der Waals surface area contributed by atoms with Gasteiger partial charge in [0.2, 0.25) is 0 Å². The molecule has 0 aromatic heterocycles. The third kappa shape index (κ3) is 5.45. The summed E-state index contributed by atoms with van der Waals surface area (Å²) in [6.45, 7) is 23.0. The van der Waals surface area contributed by atoms with E-state index in [4.69, 9.17) is 0 Å². The topological polar surface area (TPSA) is 86.7 Å². The Bertz CT molecular complexity index is 1620. The molecule has 5 fully saturated rings. The SMILES string of the molecule is C=C(C)[C@@H]1CCC2(NCCN3CCS(=O)(=O)CC3)CC[C@]3(C)[C@H](CC[C@@H]4[C@@]5(C)CC=C(c6ccc(C(=O)O)cc6)C(C)(C)[C@@H]5CC[C@]43C)[C@@H]12. The maximum absolute atomic E-state index is 12.0. The van der Waals surface area contributed by atoms with Crippen molar-refractivity contribution in [2.24, 2.45) is 51.2 Å². The molecule has 9 atom stereocenters. The number of sulfone groups is 1. The Morgan fingerprint density at radius 3 is 2.27 bits per heavy atom. The first-order chi connectivity index (χ1) is 23.0. The fraction of sp³-hybridized carbons (Fsp3) is 0.738. The molecular formula is C42H62N2O4S. The number of benzene rings is 1. The van der Waals surface area contributed by atoms with Crippen LogP contribution < -0.4 is 5.32 Å². The predicted molar refractivity (Wildman–Crippen MR) is 199 cm³/mol. The van der Waals surface area contributed by atoms with E-state index in [1.807, 2.05) is 12.1 Å². The molecule has 5 aliphatic carbocycles. The van der Waals surface area contributed by atoms with Gasteiger partial charge in [0.25, 0.3) is 0 Å². The number of rotatable bonds is 7. The summed E-state index contributed by atoms with van der Waals surface area (Å²) in [4.78, 5) is 13.9. The first-order valence-electron chi connectivity index (χ1n) is 19.4. The van der Waals surface area contributed by atoms with Crippen molar-refractivity contribution in [1.82, 2.24) is 10.2 Å². The van der Waals surface area contributed by atoms with E-state index in [-0.39, 0.29) is 27.2 Å². The van der Waals surface area contributed by atoms with Crippen LogP contribution in [0.15, 0.2) is 42.5 Å². The molecule has 6 aliphatic rings. The van der Waals surface area contributed by atoms with Gasteiger partial charge in [-0.1, -0.05) is 65.0 Å². The van der Waals surface area contributed by atoms with Gasteiger partial charge < -0.3 is 15.3 Å². The Morgan fingerprint density at radius 2 is 1.61 bits per heavy atom. The van der Waals surface area contributed by atoms with E-state index in [1.165, 1.54) is 68.1 Å². The number of hydrogen-bond donors (Lipinski definition) is 2. The van der Waals surface area contributed by atoms with E-state index >= 15 is 0 Å². The largest absolute Gasteiger partial charge is 0.478 e. The van der Waals surface area contributed by atoms with Crippen LogP contribution in [-0.4, -0.2) is 67.6 Å². The van der Waals surface area contributed by atoms with Gasteiger partial charge in [-0.15, -0.1) is 0 Å². The number of nitrogens with one attached hydrogen (secondary N) is 1. The highest BCUT2D eigenvalue weighted by Crippen LogP contribution is 2.76. The third-order valence-electron chi connectivity index (χ3n) is 16.4. The van der Waals surface area contributed by atoms with Crippen molar-refractivity contribution in [3.63, 3.8) is 0 Å². The summed E-state index contributed by atoms with van der Waals surface area (Å²) in [6, 6.07) is 7.58. The lowest BCUT2D eigenvalue weighted by Crippen LogP contribution is -2.68. The van der Waals surface area contributed by atoms with Gasteiger partial charge in [0.1, 0.15) is 0 Å². The van der Waals surface area contributed by atoms with Gasteiger partial charge in [-0.3, -0.25) is 0 Å². The number of carbonyl (C=O) groups is 1. The van der Waals surface area contributed by atoms with E-state index < -0.39 is 15.8 Å². The van der Waals surface area contributed by atoms with E-state index in [0.29, 0.717) is 59.7 Å². The lowest BCUT2D eigenvalue weighted by molar-refractivity contribution is -0.219. The molecule has 270 valence electrons.